The van der Waals surface area contributed by atoms with Gasteiger partial charge in [-0.05, 0) is 45.6 Å². The number of aromatic nitrogens is 3. The first-order valence-electron chi connectivity index (χ1n) is 12.3. The van der Waals surface area contributed by atoms with Gasteiger partial charge < -0.3 is 15.3 Å². The maximum atomic E-state index is 13.2. The van der Waals surface area contributed by atoms with Crippen molar-refractivity contribution >= 4 is 28.2 Å². The van der Waals surface area contributed by atoms with Crippen molar-refractivity contribution in [2.24, 2.45) is 0 Å². The molecule has 0 aliphatic carbocycles. The van der Waals surface area contributed by atoms with Gasteiger partial charge in [0, 0.05) is 48.4 Å². The first-order valence-corrected chi connectivity index (χ1v) is 13.1. The molecule has 2 aromatic rings. The molecule has 2 fully saturated rings. The van der Waals surface area contributed by atoms with Crippen LogP contribution in [0.3, 0.4) is 0 Å². The lowest BCUT2D eigenvalue weighted by molar-refractivity contribution is -0.139. The van der Waals surface area contributed by atoms with Crippen LogP contribution in [0.1, 0.15) is 67.8 Å². The third-order valence-corrected chi connectivity index (χ3v) is 7.44. The summed E-state index contributed by atoms with van der Waals surface area (Å²) in [7, 11) is 0. The monoisotopic (exact) mass is 472 g/mol. The molecule has 180 valence electrons. The normalized spacial score (nSPS) is 20.2. The molecule has 4 rings (SSSR count). The van der Waals surface area contributed by atoms with Gasteiger partial charge in [-0.2, -0.15) is 0 Å². The van der Waals surface area contributed by atoms with Crippen LogP contribution >= 0.6 is 11.3 Å². The fourth-order valence-electron chi connectivity index (χ4n) is 4.91. The molecule has 2 aromatic heterocycles. The lowest BCUT2D eigenvalue weighted by Crippen LogP contribution is -2.53. The smallest absolute Gasteiger partial charge is 0.239 e. The van der Waals surface area contributed by atoms with E-state index >= 15 is 0 Å². The van der Waals surface area contributed by atoms with Crippen LogP contribution in [-0.4, -0.2) is 74.6 Å². The number of piperidine rings is 2. The van der Waals surface area contributed by atoms with Crippen molar-refractivity contribution in [2.45, 2.75) is 70.8 Å². The summed E-state index contributed by atoms with van der Waals surface area (Å²) in [4.78, 5) is 32.7. The highest BCUT2D eigenvalue weighted by molar-refractivity contribution is 7.15. The highest BCUT2D eigenvalue weighted by atomic mass is 32.1. The largest absolute Gasteiger partial charge is 0.395 e. The van der Waals surface area contributed by atoms with Crippen LogP contribution in [0, 0.1) is 6.92 Å². The zero-order valence-electron chi connectivity index (χ0n) is 19.8. The van der Waals surface area contributed by atoms with Gasteiger partial charge in [0.25, 0.3) is 0 Å². The zero-order valence-corrected chi connectivity index (χ0v) is 20.6. The number of carbonyl (C=O) groups excluding carboxylic acids is 1. The number of nitrogens with zero attached hydrogens (tertiary/aromatic N) is 5. The number of thiazole rings is 1. The van der Waals surface area contributed by atoms with Gasteiger partial charge in [-0.25, -0.2) is 15.0 Å². The van der Waals surface area contributed by atoms with Crippen LogP contribution < -0.4 is 5.32 Å². The highest BCUT2D eigenvalue weighted by Gasteiger charge is 2.34. The van der Waals surface area contributed by atoms with Crippen molar-refractivity contribution in [3.63, 3.8) is 0 Å². The van der Waals surface area contributed by atoms with Crippen molar-refractivity contribution in [1.29, 1.82) is 0 Å². The number of hydrogen-bond acceptors (Lipinski definition) is 8. The second-order valence-corrected chi connectivity index (χ2v) is 10.4. The molecule has 0 bridgehead atoms. The van der Waals surface area contributed by atoms with Crippen LogP contribution in [0.5, 0.6) is 0 Å². The minimum Gasteiger partial charge on any atom is -0.395 e. The minimum atomic E-state index is -0.0795. The summed E-state index contributed by atoms with van der Waals surface area (Å²) >= 11 is 1.62. The van der Waals surface area contributed by atoms with Gasteiger partial charge in [0.05, 0.1) is 12.6 Å². The highest BCUT2D eigenvalue weighted by Crippen LogP contribution is 2.30. The van der Waals surface area contributed by atoms with Gasteiger partial charge in [-0.1, -0.05) is 19.8 Å². The second-order valence-electron chi connectivity index (χ2n) is 9.12. The van der Waals surface area contributed by atoms with E-state index in [9.17, 15) is 9.90 Å². The summed E-state index contributed by atoms with van der Waals surface area (Å²) in [5, 5.41) is 13.6. The lowest BCUT2D eigenvalue weighted by Gasteiger charge is -2.39. The van der Waals surface area contributed by atoms with Crippen LogP contribution in [0.4, 0.5) is 10.9 Å². The third-order valence-electron chi connectivity index (χ3n) is 6.62. The summed E-state index contributed by atoms with van der Waals surface area (Å²) in [6, 6.07) is 1.95. The number of carbonyl (C=O) groups is 1. The summed E-state index contributed by atoms with van der Waals surface area (Å²) in [5.74, 6) is 2.16. The number of rotatable bonds is 8. The summed E-state index contributed by atoms with van der Waals surface area (Å²) in [5.41, 5.74) is 1.05. The van der Waals surface area contributed by atoms with Gasteiger partial charge in [-0.15, -0.1) is 11.3 Å². The quantitative estimate of drug-likeness (QED) is 0.607. The Balaban J connectivity index is 1.42. The minimum absolute atomic E-state index is 0.0795. The Bertz CT molecular complexity index is 925. The van der Waals surface area contributed by atoms with E-state index in [-0.39, 0.29) is 24.5 Å². The maximum absolute atomic E-state index is 13.2. The van der Waals surface area contributed by atoms with Crippen molar-refractivity contribution in [3.05, 3.63) is 28.7 Å². The topological polar surface area (TPSA) is 94.5 Å². The SMILES string of the molecule is CCCc1cc(Nc2ncc(C)s2)nc(C2CCN(C(=O)[C@@H]3CCCCN3CCO)CC2)n1. The predicted molar refractivity (Wildman–Crippen MR) is 131 cm³/mol. The van der Waals surface area contributed by atoms with Gasteiger partial charge >= 0.3 is 0 Å². The number of aliphatic hydroxyl groups is 1. The molecule has 0 radical (unpaired) electrons. The molecule has 0 saturated carbocycles. The lowest BCUT2D eigenvalue weighted by atomic mass is 9.94. The molecule has 2 aliphatic heterocycles. The standard InChI is InChI=1S/C24H36N6O2S/c1-3-6-19-15-21(28-24-25-16-17(2)33-24)27-22(26-19)18-8-11-30(12-9-18)23(32)20-7-4-5-10-29(20)13-14-31/h15-16,18,20,31H,3-14H2,1-2H3,(H,25,26,27,28)/t20-/m0/s1. The molecule has 0 aromatic carbocycles. The molecule has 0 unspecified atom stereocenters. The molecule has 2 saturated heterocycles. The van der Waals surface area contributed by atoms with E-state index in [4.69, 9.17) is 9.97 Å². The summed E-state index contributed by atoms with van der Waals surface area (Å²) in [6.45, 7) is 7.27. The van der Waals surface area contributed by atoms with E-state index in [2.05, 4.69) is 22.1 Å². The second kappa shape index (κ2) is 11.4. The fourth-order valence-corrected chi connectivity index (χ4v) is 5.58. The van der Waals surface area contributed by atoms with Gasteiger partial charge in [0.1, 0.15) is 11.6 Å². The van der Waals surface area contributed by atoms with Crippen molar-refractivity contribution in [1.82, 2.24) is 24.8 Å². The van der Waals surface area contributed by atoms with Crippen LogP contribution in [0.15, 0.2) is 12.3 Å². The van der Waals surface area contributed by atoms with Crippen molar-refractivity contribution in [2.75, 3.05) is 38.1 Å². The first-order chi connectivity index (χ1) is 16.1. The number of aryl methyl sites for hydroxylation is 2. The number of β-amino-alcohol motifs (C(OH)–C–C–N with tert-alkyl or cyclic N) is 1. The maximum Gasteiger partial charge on any atom is 0.239 e. The molecule has 1 amide bonds. The van der Waals surface area contributed by atoms with Crippen molar-refractivity contribution < 1.29 is 9.90 Å². The van der Waals surface area contributed by atoms with E-state index in [1.165, 1.54) is 0 Å². The van der Waals surface area contributed by atoms with Gasteiger partial charge in [0.15, 0.2) is 5.13 Å². The molecular formula is C24H36N6O2S. The molecule has 8 nitrogen and oxygen atoms in total. The van der Waals surface area contributed by atoms with E-state index in [1.54, 1.807) is 11.3 Å². The summed E-state index contributed by atoms with van der Waals surface area (Å²) in [6.07, 6.45) is 8.66. The summed E-state index contributed by atoms with van der Waals surface area (Å²) < 4.78 is 0. The Morgan fingerprint density at radius 3 is 2.73 bits per heavy atom. The molecule has 0 spiro atoms. The number of nitrogens with one attached hydrogen (secondary N) is 1. The van der Waals surface area contributed by atoms with E-state index < -0.39 is 0 Å². The zero-order chi connectivity index (χ0) is 23.2. The first kappa shape index (κ1) is 24.0. The molecular weight excluding hydrogens is 436 g/mol. The molecule has 2 N–H and O–H groups in total. The molecule has 9 heteroatoms. The Hall–Kier alpha value is -2.10. The fraction of sp³-hybridized carbons (Fsp3) is 0.667. The number of aliphatic hydroxyl groups excluding tert-OH is 1. The Kier molecular flexibility index (Phi) is 8.27. The average molecular weight is 473 g/mol. The van der Waals surface area contributed by atoms with Crippen LogP contribution in [-0.2, 0) is 11.2 Å². The van der Waals surface area contributed by atoms with E-state index in [0.29, 0.717) is 6.54 Å². The van der Waals surface area contributed by atoms with E-state index in [1.807, 2.05) is 24.1 Å². The number of hydrogen-bond donors (Lipinski definition) is 2. The Labute approximate surface area is 200 Å². The molecule has 1 atom stereocenters. The Morgan fingerprint density at radius 1 is 1.21 bits per heavy atom. The predicted octanol–water partition coefficient (Wildman–Crippen LogP) is 3.49. The Morgan fingerprint density at radius 2 is 2.03 bits per heavy atom. The van der Waals surface area contributed by atoms with Crippen LogP contribution in [0.2, 0.25) is 0 Å². The van der Waals surface area contributed by atoms with Gasteiger partial charge in [-0.3, -0.25) is 9.69 Å². The molecule has 2 aliphatic rings. The van der Waals surface area contributed by atoms with Crippen LogP contribution in [0.25, 0.3) is 0 Å². The van der Waals surface area contributed by atoms with Gasteiger partial charge in [0.2, 0.25) is 5.91 Å². The molecule has 4 heterocycles. The number of anilines is 2. The number of likely N-dealkylation sites (tertiary alicyclic amines) is 2. The van der Waals surface area contributed by atoms with Crippen molar-refractivity contribution in [3.8, 4) is 0 Å². The van der Waals surface area contributed by atoms with E-state index in [0.717, 1.165) is 91.9 Å². The molecule has 33 heavy (non-hydrogen) atoms. The average Bonchev–Trinajstić information content (AvgIpc) is 3.24. The number of amides is 1. The third kappa shape index (κ3) is 6.07.